The standard InChI is InChI=1S/C10H12O/c1-7(11)10-6-8-4-2-3-5-9(8)10/h2-5,8-10H,6H2,1H3/t8-,9-,10-/m1/s1. The maximum atomic E-state index is 11.0. The van der Waals surface area contributed by atoms with Crippen molar-refractivity contribution in [1.29, 1.82) is 0 Å². The van der Waals surface area contributed by atoms with E-state index >= 15 is 0 Å². The molecule has 0 aromatic carbocycles. The molecule has 0 N–H and O–H groups in total. The molecule has 1 fully saturated rings. The number of Topliss-reactive ketones (excluding diaryl/α,β-unsaturated/α-hetero) is 1. The van der Waals surface area contributed by atoms with E-state index in [1.165, 1.54) is 0 Å². The third kappa shape index (κ3) is 0.953. The molecule has 0 aliphatic heterocycles. The lowest BCUT2D eigenvalue weighted by molar-refractivity contribution is -0.126. The molecule has 0 unspecified atom stereocenters. The molecular weight excluding hydrogens is 136 g/mol. The van der Waals surface area contributed by atoms with Gasteiger partial charge in [-0.05, 0) is 25.2 Å². The van der Waals surface area contributed by atoms with Crippen LogP contribution in [-0.2, 0) is 4.79 Å². The van der Waals surface area contributed by atoms with Crippen molar-refractivity contribution in [2.45, 2.75) is 13.3 Å². The van der Waals surface area contributed by atoms with Crippen LogP contribution in [0.4, 0.5) is 0 Å². The summed E-state index contributed by atoms with van der Waals surface area (Å²) in [6, 6.07) is 0. The van der Waals surface area contributed by atoms with Crippen LogP contribution >= 0.6 is 0 Å². The normalized spacial score (nSPS) is 39.5. The first-order valence-corrected chi connectivity index (χ1v) is 4.14. The molecule has 0 bridgehead atoms. The van der Waals surface area contributed by atoms with Gasteiger partial charge < -0.3 is 0 Å². The molecule has 58 valence electrons. The van der Waals surface area contributed by atoms with Crippen molar-refractivity contribution in [3.63, 3.8) is 0 Å². The minimum atomic E-state index is 0.321. The molecule has 1 saturated carbocycles. The highest BCUT2D eigenvalue weighted by Gasteiger charge is 2.40. The van der Waals surface area contributed by atoms with Gasteiger partial charge in [-0.25, -0.2) is 0 Å². The van der Waals surface area contributed by atoms with Gasteiger partial charge >= 0.3 is 0 Å². The third-order valence-electron chi connectivity index (χ3n) is 2.81. The lowest BCUT2D eigenvalue weighted by atomic mass is 9.62. The minimum absolute atomic E-state index is 0.321. The Kier molecular flexibility index (Phi) is 1.45. The van der Waals surface area contributed by atoms with Gasteiger partial charge in [-0.2, -0.15) is 0 Å². The fourth-order valence-electron chi connectivity index (χ4n) is 2.03. The summed E-state index contributed by atoms with van der Waals surface area (Å²) in [6.45, 7) is 1.70. The summed E-state index contributed by atoms with van der Waals surface area (Å²) < 4.78 is 0. The molecule has 0 saturated heterocycles. The number of fused-ring (bicyclic) bond motifs is 1. The molecule has 3 atom stereocenters. The monoisotopic (exact) mass is 148 g/mol. The van der Waals surface area contributed by atoms with Gasteiger partial charge in [0.05, 0.1) is 0 Å². The van der Waals surface area contributed by atoms with Gasteiger partial charge in [0.2, 0.25) is 0 Å². The average Bonchev–Trinajstić information content (AvgIpc) is 1.90. The van der Waals surface area contributed by atoms with E-state index in [1.807, 2.05) is 0 Å². The van der Waals surface area contributed by atoms with Crippen LogP contribution in [0.15, 0.2) is 24.3 Å². The molecule has 1 nitrogen and oxygen atoms in total. The molecule has 0 radical (unpaired) electrons. The predicted octanol–water partition coefficient (Wildman–Crippen LogP) is 1.95. The second-order valence-electron chi connectivity index (χ2n) is 3.46. The van der Waals surface area contributed by atoms with E-state index in [4.69, 9.17) is 0 Å². The number of allylic oxidation sites excluding steroid dienone is 4. The largest absolute Gasteiger partial charge is 0.300 e. The zero-order chi connectivity index (χ0) is 7.84. The highest BCUT2D eigenvalue weighted by molar-refractivity contribution is 5.80. The number of carbonyl (C=O) groups excluding carboxylic acids is 1. The van der Waals surface area contributed by atoms with Crippen molar-refractivity contribution < 1.29 is 4.79 Å². The maximum absolute atomic E-state index is 11.0. The highest BCUT2D eigenvalue weighted by Crippen LogP contribution is 2.44. The van der Waals surface area contributed by atoms with Crippen molar-refractivity contribution in [3.8, 4) is 0 Å². The Morgan fingerprint density at radius 1 is 1.36 bits per heavy atom. The molecule has 0 spiro atoms. The SMILES string of the molecule is CC(=O)[C@H]1C[C@H]2C=CC=C[C@H]21. The van der Waals surface area contributed by atoms with E-state index in [9.17, 15) is 4.79 Å². The Morgan fingerprint density at radius 3 is 2.73 bits per heavy atom. The van der Waals surface area contributed by atoms with Gasteiger partial charge in [0.25, 0.3) is 0 Å². The smallest absolute Gasteiger partial charge is 0.133 e. The van der Waals surface area contributed by atoms with Crippen molar-refractivity contribution in [3.05, 3.63) is 24.3 Å². The lowest BCUT2D eigenvalue weighted by Crippen LogP contribution is -2.39. The third-order valence-corrected chi connectivity index (χ3v) is 2.81. The van der Waals surface area contributed by atoms with Crippen molar-refractivity contribution in [2.75, 3.05) is 0 Å². The summed E-state index contributed by atoms with van der Waals surface area (Å²) in [5.41, 5.74) is 0. The van der Waals surface area contributed by atoms with E-state index in [0.29, 0.717) is 23.5 Å². The second-order valence-corrected chi connectivity index (χ2v) is 3.46. The minimum Gasteiger partial charge on any atom is -0.300 e. The fraction of sp³-hybridized carbons (Fsp3) is 0.500. The molecule has 2 aliphatic carbocycles. The molecular formula is C10H12O. The van der Waals surface area contributed by atoms with Crippen LogP contribution < -0.4 is 0 Å². The van der Waals surface area contributed by atoms with E-state index in [2.05, 4.69) is 24.3 Å². The second kappa shape index (κ2) is 2.33. The van der Waals surface area contributed by atoms with E-state index in [-0.39, 0.29) is 0 Å². The number of ketones is 1. The van der Waals surface area contributed by atoms with Gasteiger partial charge in [0.15, 0.2) is 0 Å². The Hall–Kier alpha value is -0.850. The fourth-order valence-corrected chi connectivity index (χ4v) is 2.03. The zero-order valence-electron chi connectivity index (χ0n) is 6.66. The van der Waals surface area contributed by atoms with Gasteiger partial charge in [-0.15, -0.1) is 0 Å². The summed E-state index contributed by atoms with van der Waals surface area (Å²) in [6.07, 6.45) is 9.58. The van der Waals surface area contributed by atoms with Gasteiger partial charge in [0.1, 0.15) is 5.78 Å². The first-order chi connectivity index (χ1) is 5.29. The van der Waals surface area contributed by atoms with Crippen LogP contribution in [-0.4, -0.2) is 5.78 Å². The Morgan fingerprint density at radius 2 is 2.09 bits per heavy atom. The predicted molar refractivity (Wildman–Crippen MR) is 44.0 cm³/mol. The Labute approximate surface area is 66.8 Å². The highest BCUT2D eigenvalue weighted by atomic mass is 16.1. The van der Waals surface area contributed by atoms with Crippen molar-refractivity contribution in [1.82, 2.24) is 0 Å². The van der Waals surface area contributed by atoms with Crippen LogP contribution in [0.25, 0.3) is 0 Å². The maximum Gasteiger partial charge on any atom is 0.133 e. The van der Waals surface area contributed by atoms with Crippen LogP contribution in [0, 0.1) is 17.8 Å². The lowest BCUT2D eigenvalue weighted by Gasteiger charge is -2.41. The summed E-state index contributed by atoms with van der Waals surface area (Å²) >= 11 is 0. The van der Waals surface area contributed by atoms with Crippen molar-refractivity contribution in [2.24, 2.45) is 17.8 Å². The summed E-state index contributed by atoms with van der Waals surface area (Å²) in [7, 11) is 0. The molecule has 2 rings (SSSR count). The zero-order valence-corrected chi connectivity index (χ0v) is 6.66. The van der Waals surface area contributed by atoms with Crippen molar-refractivity contribution >= 4 is 5.78 Å². The van der Waals surface area contributed by atoms with Gasteiger partial charge in [-0.1, -0.05) is 24.3 Å². The molecule has 0 aromatic rings. The quantitative estimate of drug-likeness (QED) is 0.555. The Balaban J connectivity index is 2.09. The average molecular weight is 148 g/mol. The summed E-state index contributed by atoms with van der Waals surface area (Å²) in [4.78, 5) is 11.0. The van der Waals surface area contributed by atoms with E-state index in [0.717, 1.165) is 6.42 Å². The van der Waals surface area contributed by atoms with E-state index in [1.54, 1.807) is 6.92 Å². The first kappa shape index (κ1) is 6.84. The number of rotatable bonds is 1. The molecule has 0 aromatic heterocycles. The molecule has 1 heteroatoms. The number of hydrogen-bond donors (Lipinski definition) is 0. The van der Waals surface area contributed by atoms with Gasteiger partial charge in [-0.3, -0.25) is 4.79 Å². The van der Waals surface area contributed by atoms with Crippen LogP contribution in [0.3, 0.4) is 0 Å². The molecule has 0 heterocycles. The topological polar surface area (TPSA) is 17.1 Å². The number of carbonyl (C=O) groups is 1. The Bertz CT molecular complexity index is 237. The number of hydrogen-bond acceptors (Lipinski definition) is 1. The van der Waals surface area contributed by atoms with E-state index < -0.39 is 0 Å². The van der Waals surface area contributed by atoms with Gasteiger partial charge in [0, 0.05) is 5.92 Å². The molecule has 2 aliphatic rings. The van der Waals surface area contributed by atoms with Crippen LogP contribution in [0.1, 0.15) is 13.3 Å². The van der Waals surface area contributed by atoms with Crippen LogP contribution in [0.5, 0.6) is 0 Å². The summed E-state index contributed by atoms with van der Waals surface area (Å²) in [5, 5.41) is 0. The molecule has 11 heavy (non-hydrogen) atoms. The molecule has 0 amide bonds. The first-order valence-electron chi connectivity index (χ1n) is 4.14. The van der Waals surface area contributed by atoms with Crippen LogP contribution in [0.2, 0.25) is 0 Å². The summed E-state index contributed by atoms with van der Waals surface area (Å²) in [5.74, 6) is 1.86.